The first-order valence-electron chi connectivity index (χ1n) is 8.62. The summed E-state index contributed by atoms with van der Waals surface area (Å²) in [5, 5.41) is 10.3. The Bertz CT molecular complexity index is 662. The fourth-order valence-electron chi connectivity index (χ4n) is 3.53. The van der Waals surface area contributed by atoms with Gasteiger partial charge in [-0.3, -0.25) is 4.79 Å². The second-order valence-corrected chi connectivity index (χ2v) is 7.45. The number of Topliss-reactive ketones (excluding diaryl/α,β-unsaturated/α-hetero) is 1. The number of hydrogen-bond acceptors (Lipinski definition) is 7. The monoisotopic (exact) mass is 413 g/mol. The molecule has 3 heterocycles. The van der Waals surface area contributed by atoms with Crippen LogP contribution in [0, 0.1) is 12.3 Å². The molecule has 138 valence electrons. The number of ether oxygens (including phenoxy) is 2. The van der Waals surface area contributed by atoms with Crippen molar-refractivity contribution in [3.63, 3.8) is 0 Å². The van der Waals surface area contributed by atoms with Crippen molar-refractivity contribution in [2.75, 3.05) is 31.2 Å². The number of halogens is 1. The number of anilines is 1. The lowest BCUT2D eigenvalue weighted by Gasteiger charge is -2.38. The zero-order valence-electron chi connectivity index (χ0n) is 14.8. The van der Waals surface area contributed by atoms with Crippen molar-refractivity contribution < 1.29 is 19.4 Å². The number of piperidine rings is 1. The van der Waals surface area contributed by atoms with Crippen molar-refractivity contribution in [1.82, 2.24) is 9.97 Å². The third-order valence-electron chi connectivity index (χ3n) is 5.10. The quantitative estimate of drug-likeness (QED) is 0.756. The van der Waals surface area contributed by atoms with Gasteiger partial charge in [0.15, 0.2) is 11.6 Å². The maximum absolute atomic E-state index is 12.4. The largest absolute Gasteiger partial charge is 0.370 e. The Labute approximate surface area is 155 Å². The number of carbonyl (C=O) groups excluding carboxylic acids is 1. The van der Waals surface area contributed by atoms with Gasteiger partial charge in [-0.2, -0.15) is 0 Å². The molecule has 8 heteroatoms. The molecule has 0 amide bonds. The molecule has 0 aromatic carbocycles. The summed E-state index contributed by atoms with van der Waals surface area (Å²) in [4.78, 5) is 23.6. The average molecular weight is 414 g/mol. The van der Waals surface area contributed by atoms with Gasteiger partial charge >= 0.3 is 0 Å². The minimum absolute atomic E-state index is 0.208. The van der Waals surface area contributed by atoms with Crippen LogP contribution < -0.4 is 4.90 Å². The van der Waals surface area contributed by atoms with Crippen LogP contribution in [0.3, 0.4) is 0 Å². The molecule has 1 unspecified atom stereocenters. The SMILES string of the molecule is CCOC(O)c1nc(Br)c(C)nc1N1CCC2(CC1)CO[C@@H](C)C2=O. The van der Waals surface area contributed by atoms with Gasteiger partial charge in [0.25, 0.3) is 0 Å². The smallest absolute Gasteiger partial charge is 0.202 e. The molecule has 3 rings (SSSR count). The van der Waals surface area contributed by atoms with E-state index in [-0.39, 0.29) is 17.3 Å². The highest BCUT2D eigenvalue weighted by atomic mass is 79.9. The maximum atomic E-state index is 12.4. The Morgan fingerprint density at radius 3 is 2.68 bits per heavy atom. The van der Waals surface area contributed by atoms with E-state index in [0.29, 0.717) is 42.4 Å². The number of aromatic nitrogens is 2. The summed E-state index contributed by atoms with van der Waals surface area (Å²) in [5.74, 6) is 0.829. The van der Waals surface area contributed by atoms with Gasteiger partial charge in [-0.15, -0.1) is 0 Å². The van der Waals surface area contributed by atoms with E-state index in [9.17, 15) is 9.90 Å². The maximum Gasteiger partial charge on any atom is 0.202 e. The molecule has 0 aliphatic carbocycles. The first-order chi connectivity index (χ1) is 11.9. The summed E-state index contributed by atoms with van der Waals surface area (Å²) >= 11 is 3.37. The normalized spacial score (nSPS) is 24.1. The Hall–Kier alpha value is -1.09. The molecule has 7 nitrogen and oxygen atoms in total. The van der Waals surface area contributed by atoms with Crippen molar-refractivity contribution in [2.45, 2.75) is 46.0 Å². The molecule has 1 N–H and O–H groups in total. The Morgan fingerprint density at radius 1 is 1.44 bits per heavy atom. The Morgan fingerprint density at radius 2 is 2.12 bits per heavy atom. The second kappa shape index (κ2) is 7.26. The predicted molar refractivity (Wildman–Crippen MR) is 95.4 cm³/mol. The first-order valence-corrected chi connectivity index (χ1v) is 9.42. The molecule has 1 spiro atoms. The van der Waals surface area contributed by atoms with E-state index < -0.39 is 6.29 Å². The molecule has 0 saturated carbocycles. The lowest BCUT2D eigenvalue weighted by Crippen LogP contribution is -2.45. The molecule has 2 fully saturated rings. The average Bonchev–Trinajstić information content (AvgIpc) is 2.87. The molecule has 1 aromatic heterocycles. The second-order valence-electron chi connectivity index (χ2n) is 6.70. The summed E-state index contributed by atoms with van der Waals surface area (Å²) < 4.78 is 11.5. The summed E-state index contributed by atoms with van der Waals surface area (Å²) in [6.07, 6.45) is 0.00206. The number of aliphatic hydroxyl groups excluding tert-OH is 1. The lowest BCUT2D eigenvalue weighted by atomic mass is 9.76. The van der Waals surface area contributed by atoms with Crippen LogP contribution in [0.4, 0.5) is 5.82 Å². The van der Waals surface area contributed by atoms with Crippen LogP contribution in [0.5, 0.6) is 0 Å². The molecule has 1 aromatic rings. The van der Waals surface area contributed by atoms with Crippen LogP contribution in [-0.2, 0) is 14.3 Å². The number of nitrogens with zero attached hydrogens (tertiary/aromatic N) is 3. The summed E-state index contributed by atoms with van der Waals surface area (Å²) in [5.41, 5.74) is 0.779. The van der Waals surface area contributed by atoms with Crippen LogP contribution in [-0.4, -0.2) is 53.3 Å². The third kappa shape index (κ3) is 3.45. The Kier molecular flexibility index (Phi) is 5.43. The van der Waals surface area contributed by atoms with Crippen molar-refractivity contribution in [2.24, 2.45) is 5.41 Å². The molecule has 2 aliphatic rings. The topological polar surface area (TPSA) is 84.8 Å². The van der Waals surface area contributed by atoms with E-state index in [0.717, 1.165) is 18.5 Å². The zero-order chi connectivity index (χ0) is 18.2. The van der Waals surface area contributed by atoms with Crippen molar-refractivity contribution in [3.05, 3.63) is 16.0 Å². The van der Waals surface area contributed by atoms with Gasteiger partial charge in [0.2, 0.25) is 6.29 Å². The molecule has 2 atom stereocenters. The van der Waals surface area contributed by atoms with E-state index in [1.807, 2.05) is 20.8 Å². The number of ketones is 1. The van der Waals surface area contributed by atoms with E-state index in [1.54, 1.807) is 0 Å². The fourth-order valence-corrected chi connectivity index (χ4v) is 3.81. The van der Waals surface area contributed by atoms with Crippen molar-refractivity contribution >= 4 is 27.5 Å². The zero-order valence-corrected chi connectivity index (χ0v) is 16.4. The predicted octanol–water partition coefficient (Wildman–Crippen LogP) is 2.15. The lowest BCUT2D eigenvalue weighted by molar-refractivity contribution is -0.128. The van der Waals surface area contributed by atoms with E-state index in [1.165, 1.54) is 0 Å². The highest BCUT2D eigenvalue weighted by Crippen LogP contribution is 2.40. The first kappa shape index (κ1) is 18.7. The number of hydrogen-bond donors (Lipinski definition) is 1. The number of aryl methyl sites for hydroxylation is 1. The van der Waals surface area contributed by atoms with Gasteiger partial charge in [0.1, 0.15) is 16.4 Å². The van der Waals surface area contributed by atoms with Crippen molar-refractivity contribution in [3.8, 4) is 0 Å². The molecule has 2 saturated heterocycles. The summed E-state index contributed by atoms with van der Waals surface area (Å²) in [6, 6.07) is 0. The van der Waals surface area contributed by atoms with Crippen molar-refractivity contribution in [1.29, 1.82) is 0 Å². The molecular weight excluding hydrogens is 390 g/mol. The molecule has 25 heavy (non-hydrogen) atoms. The minimum atomic E-state index is -1.13. The van der Waals surface area contributed by atoms with Gasteiger partial charge in [-0.25, -0.2) is 9.97 Å². The number of rotatable bonds is 4. The summed E-state index contributed by atoms with van der Waals surface area (Å²) in [7, 11) is 0. The fraction of sp³-hybridized carbons (Fsp3) is 0.706. The van der Waals surface area contributed by atoms with Gasteiger partial charge in [-0.05, 0) is 49.5 Å². The van der Waals surface area contributed by atoms with Crippen LogP contribution in [0.15, 0.2) is 4.60 Å². The third-order valence-corrected chi connectivity index (χ3v) is 5.85. The highest BCUT2D eigenvalue weighted by Gasteiger charge is 2.49. The number of carbonyl (C=O) groups is 1. The van der Waals surface area contributed by atoms with E-state index >= 15 is 0 Å². The van der Waals surface area contributed by atoms with Gasteiger partial charge in [0.05, 0.1) is 17.7 Å². The molecule has 0 radical (unpaired) electrons. The van der Waals surface area contributed by atoms with Crippen LogP contribution in [0.2, 0.25) is 0 Å². The molecule has 0 bridgehead atoms. The highest BCUT2D eigenvalue weighted by molar-refractivity contribution is 9.10. The Balaban J connectivity index is 1.83. The molecular formula is C17H24BrN3O4. The van der Waals surface area contributed by atoms with Gasteiger partial charge in [-0.1, -0.05) is 0 Å². The van der Waals surface area contributed by atoms with Crippen LogP contribution in [0.25, 0.3) is 0 Å². The van der Waals surface area contributed by atoms with Crippen LogP contribution >= 0.6 is 15.9 Å². The number of aliphatic hydroxyl groups is 1. The molecule has 2 aliphatic heterocycles. The summed E-state index contributed by atoms with van der Waals surface area (Å²) in [6.45, 7) is 7.72. The standard InChI is InChI=1S/C17H24BrN3O4/c1-4-24-16(23)12-15(19-10(2)14(18)20-12)21-7-5-17(6-8-21)9-25-11(3)13(17)22/h11,16,23H,4-9H2,1-3H3/t11-,16?/m0/s1. The van der Waals surface area contributed by atoms with Gasteiger partial charge in [0, 0.05) is 19.7 Å². The minimum Gasteiger partial charge on any atom is -0.370 e. The van der Waals surface area contributed by atoms with E-state index in [4.69, 9.17) is 9.47 Å². The van der Waals surface area contributed by atoms with Gasteiger partial charge < -0.3 is 19.5 Å². The van der Waals surface area contributed by atoms with E-state index in [2.05, 4.69) is 30.8 Å². The van der Waals surface area contributed by atoms with Crippen LogP contribution in [0.1, 0.15) is 44.4 Å².